The average molecular weight is 503 g/mol. The molecule has 0 aromatic heterocycles. The van der Waals surface area contributed by atoms with E-state index in [1.54, 1.807) is 24.3 Å². The molecule has 3 N–H and O–H groups in total. The minimum absolute atomic E-state index is 0. The molecule has 0 aliphatic heterocycles. The Bertz CT molecular complexity index is 826. The highest BCUT2D eigenvalue weighted by atomic mass is 35.5. The number of benzene rings is 2. The van der Waals surface area contributed by atoms with Crippen LogP contribution in [0.5, 0.6) is 0 Å². The summed E-state index contributed by atoms with van der Waals surface area (Å²) in [6, 6.07) is 13.9. The van der Waals surface area contributed by atoms with E-state index in [9.17, 15) is 9.59 Å². The first kappa shape index (κ1) is 27.8. The predicted octanol–water partition coefficient (Wildman–Crippen LogP) is 4.33. The normalized spacial score (nSPS) is 10.3. The van der Waals surface area contributed by atoms with Gasteiger partial charge < -0.3 is 25.8 Å². The fraction of sp³-hybridized carbons (Fsp3) is 0.364. The number of carbonyl (C=O) groups is 2. The molecule has 0 atom stereocenters. The Morgan fingerprint density at radius 1 is 0.812 bits per heavy atom. The van der Waals surface area contributed by atoms with E-state index in [1.165, 1.54) is 0 Å². The van der Waals surface area contributed by atoms with Crippen LogP contribution >= 0.6 is 35.6 Å². The van der Waals surface area contributed by atoms with E-state index in [1.807, 2.05) is 43.3 Å². The summed E-state index contributed by atoms with van der Waals surface area (Å²) in [6.45, 7) is 2.74. The van der Waals surface area contributed by atoms with Gasteiger partial charge in [-0.15, -0.1) is 35.6 Å². The average Bonchev–Trinajstić information content (AvgIpc) is 2.74. The second-order valence-electron chi connectivity index (χ2n) is 7.13. The summed E-state index contributed by atoms with van der Waals surface area (Å²) < 4.78 is 0. The zero-order valence-electron chi connectivity index (χ0n) is 18.2. The molecule has 32 heavy (non-hydrogen) atoms. The Labute approximate surface area is 205 Å². The molecule has 2 rings (SSSR count). The van der Waals surface area contributed by atoms with Crippen LogP contribution in [0.3, 0.4) is 0 Å². The summed E-state index contributed by atoms with van der Waals surface area (Å²) in [4.78, 5) is 28.5. The van der Waals surface area contributed by atoms with Gasteiger partial charge in [-0.05, 0) is 62.6 Å². The van der Waals surface area contributed by atoms with Crippen molar-refractivity contribution in [3.8, 4) is 0 Å². The van der Waals surface area contributed by atoms with E-state index < -0.39 is 0 Å². The van der Waals surface area contributed by atoms with Crippen molar-refractivity contribution in [3.05, 3.63) is 54.1 Å². The fourth-order valence-electron chi connectivity index (χ4n) is 2.82. The Morgan fingerprint density at radius 3 is 1.78 bits per heavy atom. The van der Waals surface area contributed by atoms with E-state index in [4.69, 9.17) is 23.2 Å². The summed E-state index contributed by atoms with van der Waals surface area (Å²) in [5, 5.41) is 8.40. The number of alkyl halides is 2. The predicted molar refractivity (Wildman–Crippen MR) is 137 cm³/mol. The van der Waals surface area contributed by atoms with Crippen molar-refractivity contribution in [2.24, 2.45) is 0 Å². The van der Waals surface area contributed by atoms with Gasteiger partial charge in [0.2, 0.25) is 0 Å². The molecule has 2 aromatic rings. The number of carbonyl (C=O) groups excluding carboxylic acids is 2. The maximum absolute atomic E-state index is 12.3. The number of nitrogens with one attached hydrogen (secondary N) is 3. The van der Waals surface area contributed by atoms with Crippen molar-refractivity contribution in [2.45, 2.75) is 0 Å². The van der Waals surface area contributed by atoms with Gasteiger partial charge in [0, 0.05) is 60.6 Å². The molecule has 2 aromatic carbocycles. The highest BCUT2D eigenvalue weighted by Crippen LogP contribution is 2.19. The second kappa shape index (κ2) is 14.8. The lowest BCUT2D eigenvalue weighted by atomic mass is 10.2. The van der Waals surface area contributed by atoms with E-state index in [-0.39, 0.29) is 24.3 Å². The second-order valence-corrected chi connectivity index (χ2v) is 7.88. The molecule has 0 spiro atoms. The van der Waals surface area contributed by atoms with Crippen molar-refractivity contribution in [3.63, 3.8) is 0 Å². The summed E-state index contributed by atoms with van der Waals surface area (Å²) in [5.74, 6) is 0.876. The molecule has 0 unspecified atom stereocenters. The molecule has 176 valence electrons. The van der Waals surface area contributed by atoms with Crippen LogP contribution in [0.1, 0.15) is 10.4 Å². The number of halogens is 3. The third-order valence-corrected chi connectivity index (χ3v) is 4.79. The minimum atomic E-state index is -0.366. The molecule has 0 fully saturated rings. The van der Waals surface area contributed by atoms with E-state index in [0.29, 0.717) is 48.3 Å². The molecule has 0 radical (unpaired) electrons. The molecule has 0 aliphatic rings. The molecule has 0 heterocycles. The Balaban J connectivity index is 0.00000512. The van der Waals surface area contributed by atoms with Crippen LogP contribution in [-0.2, 0) is 0 Å². The number of hydrogen-bond donors (Lipinski definition) is 3. The van der Waals surface area contributed by atoms with Crippen LogP contribution < -0.4 is 20.9 Å². The van der Waals surface area contributed by atoms with Crippen LogP contribution in [-0.4, -0.2) is 68.9 Å². The molecule has 10 heteroatoms. The van der Waals surface area contributed by atoms with Crippen molar-refractivity contribution in [1.82, 2.24) is 10.2 Å². The van der Waals surface area contributed by atoms with Crippen LogP contribution in [0.15, 0.2) is 48.5 Å². The first-order valence-corrected chi connectivity index (χ1v) is 11.1. The third kappa shape index (κ3) is 9.53. The number of anilines is 3. The fourth-order valence-corrected chi connectivity index (χ4v) is 3.23. The van der Waals surface area contributed by atoms with Crippen molar-refractivity contribution >= 4 is 64.6 Å². The molecule has 0 saturated carbocycles. The smallest absolute Gasteiger partial charge is 0.323 e. The summed E-state index contributed by atoms with van der Waals surface area (Å²) in [6.07, 6.45) is 0. The van der Waals surface area contributed by atoms with Gasteiger partial charge in [0.15, 0.2) is 0 Å². The molecule has 0 saturated heterocycles. The maximum Gasteiger partial charge on any atom is 0.323 e. The monoisotopic (exact) mass is 501 g/mol. The number of likely N-dealkylation sites (N-methyl/N-ethyl adjacent to an activating group) is 1. The number of amides is 3. The highest BCUT2D eigenvalue weighted by Gasteiger charge is 2.08. The van der Waals surface area contributed by atoms with Crippen LogP contribution in [0.2, 0.25) is 0 Å². The topological polar surface area (TPSA) is 76.7 Å². The molecule has 0 bridgehead atoms. The van der Waals surface area contributed by atoms with Crippen LogP contribution in [0, 0.1) is 0 Å². The van der Waals surface area contributed by atoms with Gasteiger partial charge in [-0.2, -0.15) is 0 Å². The van der Waals surface area contributed by atoms with Crippen LogP contribution in [0.25, 0.3) is 0 Å². The van der Waals surface area contributed by atoms with Crippen molar-refractivity contribution in [1.29, 1.82) is 0 Å². The zero-order chi connectivity index (χ0) is 22.6. The molecule has 3 amide bonds. The summed E-state index contributed by atoms with van der Waals surface area (Å²) >= 11 is 11.7. The van der Waals surface area contributed by atoms with Crippen LogP contribution in [0.4, 0.5) is 21.9 Å². The zero-order valence-corrected chi connectivity index (χ0v) is 20.6. The van der Waals surface area contributed by atoms with Gasteiger partial charge in [0.25, 0.3) is 5.91 Å². The van der Waals surface area contributed by atoms with E-state index >= 15 is 0 Å². The van der Waals surface area contributed by atoms with Crippen molar-refractivity contribution in [2.75, 3.05) is 67.6 Å². The number of nitrogens with zero attached hydrogens (tertiary/aromatic N) is 2. The molecular formula is C22H30Cl3N5O2. The Kier molecular flexibility index (Phi) is 12.9. The third-order valence-electron chi connectivity index (χ3n) is 4.45. The number of rotatable bonds is 11. The Morgan fingerprint density at radius 2 is 1.31 bits per heavy atom. The first-order chi connectivity index (χ1) is 14.9. The van der Waals surface area contributed by atoms with E-state index in [0.717, 1.165) is 12.2 Å². The Hall–Kier alpha value is -2.19. The summed E-state index contributed by atoms with van der Waals surface area (Å²) in [5.41, 5.74) is 2.79. The quantitative estimate of drug-likeness (QED) is 0.400. The number of hydrogen-bond acceptors (Lipinski definition) is 4. The van der Waals surface area contributed by atoms with E-state index in [2.05, 4.69) is 20.9 Å². The molecule has 0 aliphatic carbocycles. The van der Waals surface area contributed by atoms with Gasteiger partial charge in [0.05, 0.1) is 0 Å². The lowest BCUT2D eigenvalue weighted by Gasteiger charge is -2.23. The van der Waals surface area contributed by atoms with Gasteiger partial charge in [-0.3, -0.25) is 4.79 Å². The lowest BCUT2D eigenvalue weighted by Crippen LogP contribution is -2.31. The number of urea groups is 1. The van der Waals surface area contributed by atoms with Gasteiger partial charge in [0.1, 0.15) is 0 Å². The maximum atomic E-state index is 12.3. The van der Waals surface area contributed by atoms with Crippen molar-refractivity contribution < 1.29 is 9.59 Å². The lowest BCUT2D eigenvalue weighted by molar-refractivity contribution is 0.0951. The largest absolute Gasteiger partial charge is 0.369 e. The minimum Gasteiger partial charge on any atom is -0.369 e. The standard InChI is InChI=1S/C22H29Cl2N5O2.ClH/c1-28(2)16-13-25-21(30)17-3-5-18(6-4-17)26-22(31)27-19-7-9-20(10-8-19)29(14-11-23)15-12-24;/h3-10H,11-16H2,1-2H3,(H,25,30)(H2,26,27,31);1H. The highest BCUT2D eigenvalue weighted by molar-refractivity contribution is 6.18. The molecular weight excluding hydrogens is 473 g/mol. The van der Waals surface area contributed by atoms with Gasteiger partial charge >= 0.3 is 6.03 Å². The molecule has 7 nitrogen and oxygen atoms in total. The van der Waals surface area contributed by atoms with Gasteiger partial charge in [-0.25, -0.2) is 4.79 Å². The van der Waals surface area contributed by atoms with Gasteiger partial charge in [-0.1, -0.05) is 0 Å². The summed E-state index contributed by atoms with van der Waals surface area (Å²) in [7, 11) is 3.90. The first-order valence-electron chi connectivity index (χ1n) is 10.0. The SMILES string of the molecule is CN(C)CCNC(=O)c1ccc(NC(=O)Nc2ccc(N(CCCl)CCCl)cc2)cc1.Cl.